The minimum absolute atomic E-state index is 0.0354. The van der Waals surface area contributed by atoms with Gasteiger partial charge in [-0.05, 0) is 44.5 Å². The summed E-state index contributed by atoms with van der Waals surface area (Å²) in [5.41, 5.74) is -0.676. The fourth-order valence-corrected chi connectivity index (χ4v) is 5.17. The quantitative estimate of drug-likeness (QED) is 0.290. The maximum Gasteiger partial charge on any atom is 0.416 e. The zero-order valence-corrected chi connectivity index (χ0v) is 19.8. The number of benzene rings is 1. The van der Waals surface area contributed by atoms with Crippen molar-refractivity contribution in [2.75, 3.05) is 6.54 Å². The van der Waals surface area contributed by atoms with Crippen LogP contribution in [0.5, 0.6) is 0 Å². The van der Waals surface area contributed by atoms with Gasteiger partial charge in [0.1, 0.15) is 21.7 Å². The third kappa shape index (κ3) is 5.79. The summed E-state index contributed by atoms with van der Waals surface area (Å²) < 4.78 is 54.1. The Kier molecular flexibility index (Phi) is 7.30. The van der Waals surface area contributed by atoms with Crippen molar-refractivity contribution in [3.8, 4) is 11.3 Å². The molecule has 1 aliphatic heterocycles. The van der Waals surface area contributed by atoms with E-state index in [1.807, 2.05) is 0 Å². The number of hydrogen-bond acceptors (Lipinski definition) is 6. The van der Waals surface area contributed by atoms with Crippen LogP contribution in [0.15, 0.2) is 30.6 Å². The summed E-state index contributed by atoms with van der Waals surface area (Å²) in [5, 5.41) is 0.562. The molecule has 0 unspecified atom stereocenters. The van der Waals surface area contributed by atoms with Crippen LogP contribution in [0, 0.1) is 5.82 Å². The van der Waals surface area contributed by atoms with E-state index >= 15 is 0 Å². The first-order chi connectivity index (χ1) is 16.1. The van der Waals surface area contributed by atoms with Crippen LogP contribution >= 0.6 is 22.9 Å². The number of rotatable bonds is 6. The third-order valence-electron chi connectivity index (χ3n) is 5.75. The van der Waals surface area contributed by atoms with Gasteiger partial charge in [-0.25, -0.2) is 19.3 Å². The number of halogens is 5. The van der Waals surface area contributed by atoms with E-state index in [1.165, 1.54) is 23.7 Å². The summed E-state index contributed by atoms with van der Waals surface area (Å²) in [6, 6.07) is 2.71. The average Bonchev–Trinajstić information content (AvgIpc) is 3.17. The average molecular weight is 513 g/mol. The monoisotopic (exact) mass is 512 g/mol. The van der Waals surface area contributed by atoms with Gasteiger partial charge in [0.25, 0.3) is 0 Å². The van der Waals surface area contributed by atoms with Gasteiger partial charge >= 0.3 is 6.18 Å². The van der Waals surface area contributed by atoms with Gasteiger partial charge in [-0.3, -0.25) is 9.69 Å². The second-order valence-corrected chi connectivity index (χ2v) is 9.80. The van der Waals surface area contributed by atoms with Gasteiger partial charge < -0.3 is 0 Å². The van der Waals surface area contributed by atoms with Gasteiger partial charge in [-0.15, -0.1) is 11.3 Å². The SMILES string of the molecule is C[C@@H]1CCCCN1Cc1sc(CC(=O)c2cnc(Cl)cn2)nc1-c1cc(F)cc(C(F)(F)F)c1. The number of nitrogens with zero attached hydrogens (tertiary/aromatic N) is 4. The lowest BCUT2D eigenvalue weighted by Gasteiger charge is -2.33. The van der Waals surface area contributed by atoms with E-state index in [1.54, 1.807) is 0 Å². The predicted octanol–water partition coefficient (Wildman–Crippen LogP) is 6.21. The van der Waals surface area contributed by atoms with Gasteiger partial charge in [-0.1, -0.05) is 18.0 Å². The molecule has 1 atom stereocenters. The van der Waals surface area contributed by atoms with Crippen molar-refractivity contribution >= 4 is 28.7 Å². The zero-order chi connectivity index (χ0) is 24.5. The molecule has 0 N–H and O–H groups in total. The molecule has 0 amide bonds. The highest BCUT2D eigenvalue weighted by molar-refractivity contribution is 7.12. The molecule has 1 aliphatic rings. The van der Waals surface area contributed by atoms with Crippen molar-refractivity contribution in [1.29, 1.82) is 0 Å². The topological polar surface area (TPSA) is 59.0 Å². The van der Waals surface area contributed by atoms with Crippen molar-refractivity contribution in [3.05, 3.63) is 62.7 Å². The first-order valence-electron chi connectivity index (χ1n) is 10.7. The molecule has 0 spiro atoms. The summed E-state index contributed by atoms with van der Waals surface area (Å²) in [5.74, 6) is -1.35. The number of likely N-dealkylation sites (tertiary alicyclic amines) is 1. The molecule has 11 heteroatoms. The Morgan fingerprint density at radius 2 is 2.00 bits per heavy atom. The van der Waals surface area contributed by atoms with Gasteiger partial charge in [0.2, 0.25) is 0 Å². The molecule has 3 heterocycles. The molecule has 4 rings (SSSR count). The van der Waals surface area contributed by atoms with Gasteiger partial charge in [0, 0.05) is 23.0 Å². The van der Waals surface area contributed by atoms with Gasteiger partial charge in [0.05, 0.1) is 30.1 Å². The van der Waals surface area contributed by atoms with Crippen LogP contribution in [0.4, 0.5) is 17.6 Å². The minimum atomic E-state index is -4.69. The van der Waals surface area contributed by atoms with Crippen LogP contribution in [0.25, 0.3) is 11.3 Å². The highest BCUT2D eigenvalue weighted by Crippen LogP contribution is 2.36. The lowest BCUT2D eigenvalue weighted by Crippen LogP contribution is -2.36. The second kappa shape index (κ2) is 10.1. The fourth-order valence-electron chi connectivity index (χ4n) is 3.96. The molecule has 0 bridgehead atoms. The predicted molar refractivity (Wildman–Crippen MR) is 121 cm³/mol. The van der Waals surface area contributed by atoms with Crippen molar-refractivity contribution in [3.63, 3.8) is 0 Å². The molecule has 5 nitrogen and oxygen atoms in total. The summed E-state index contributed by atoms with van der Waals surface area (Å²) in [7, 11) is 0. The Hall–Kier alpha value is -2.43. The molecule has 180 valence electrons. The molecule has 0 saturated carbocycles. The van der Waals surface area contributed by atoms with E-state index in [0.29, 0.717) is 28.5 Å². The highest BCUT2D eigenvalue weighted by atomic mass is 35.5. The van der Waals surface area contributed by atoms with Crippen LogP contribution < -0.4 is 0 Å². The molecule has 1 saturated heterocycles. The number of ketones is 1. The van der Waals surface area contributed by atoms with Crippen molar-refractivity contribution in [1.82, 2.24) is 19.9 Å². The van der Waals surface area contributed by atoms with E-state index in [4.69, 9.17) is 11.6 Å². The Morgan fingerprint density at radius 3 is 2.68 bits per heavy atom. The second-order valence-electron chi connectivity index (χ2n) is 8.25. The number of hydrogen-bond donors (Lipinski definition) is 0. The third-order valence-corrected chi connectivity index (χ3v) is 6.98. The highest BCUT2D eigenvalue weighted by Gasteiger charge is 2.32. The summed E-state index contributed by atoms with van der Waals surface area (Å²) in [4.78, 5) is 27.9. The standard InChI is InChI=1S/C23H21ClF4N4OS/c1-13-4-2-3-5-32(13)12-19-22(14-6-15(23(26,27)28)8-16(25)7-14)31-21(34-19)9-18(33)17-10-30-20(24)11-29-17/h6-8,10-11,13H,2-5,9,12H2,1H3/t13-/m1/s1. The summed E-state index contributed by atoms with van der Waals surface area (Å²) in [6.07, 6.45) is 0.887. The molecule has 2 aromatic heterocycles. The van der Waals surface area contributed by atoms with Crippen molar-refractivity contribution in [2.45, 2.75) is 51.4 Å². The molecule has 1 aromatic carbocycles. The van der Waals surface area contributed by atoms with Crippen LogP contribution in [-0.2, 0) is 19.1 Å². The first kappa shape index (κ1) is 24.7. The van der Waals surface area contributed by atoms with E-state index < -0.39 is 17.6 Å². The number of Topliss-reactive ketones (excluding diaryl/α,β-unsaturated/α-hetero) is 1. The Bertz CT molecular complexity index is 1180. The lowest BCUT2D eigenvalue weighted by molar-refractivity contribution is -0.137. The normalized spacial score (nSPS) is 17.2. The molecule has 34 heavy (non-hydrogen) atoms. The summed E-state index contributed by atoms with van der Waals surface area (Å²) in [6.45, 7) is 3.42. The van der Waals surface area contributed by atoms with Crippen molar-refractivity contribution in [2.24, 2.45) is 0 Å². The van der Waals surface area contributed by atoms with Crippen LogP contribution in [0.2, 0.25) is 5.15 Å². The van der Waals surface area contributed by atoms with Gasteiger partial charge in [0.15, 0.2) is 5.78 Å². The Balaban J connectivity index is 1.70. The first-order valence-corrected chi connectivity index (χ1v) is 11.9. The number of carbonyl (C=O) groups excluding carboxylic acids is 1. The molecule has 0 aliphatic carbocycles. The fraction of sp³-hybridized carbons (Fsp3) is 0.391. The molecule has 1 fully saturated rings. The molecular formula is C23H21ClF4N4OS. The molecule has 0 radical (unpaired) electrons. The number of alkyl halides is 3. The van der Waals surface area contributed by atoms with E-state index in [-0.39, 0.29) is 34.3 Å². The maximum absolute atomic E-state index is 14.2. The number of piperidine rings is 1. The van der Waals surface area contributed by atoms with Crippen LogP contribution in [-0.4, -0.2) is 38.2 Å². The van der Waals surface area contributed by atoms with E-state index in [0.717, 1.165) is 37.9 Å². The molecular weight excluding hydrogens is 492 g/mol. The smallest absolute Gasteiger partial charge is 0.296 e. The van der Waals surface area contributed by atoms with Crippen LogP contribution in [0.1, 0.15) is 52.1 Å². The Morgan fingerprint density at radius 1 is 1.21 bits per heavy atom. The number of aromatic nitrogens is 3. The van der Waals surface area contributed by atoms with E-state index in [2.05, 4.69) is 26.8 Å². The van der Waals surface area contributed by atoms with Gasteiger partial charge in [-0.2, -0.15) is 13.2 Å². The lowest BCUT2D eigenvalue weighted by atomic mass is 10.0. The maximum atomic E-state index is 14.2. The summed E-state index contributed by atoms with van der Waals surface area (Å²) >= 11 is 6.96. The number of thiazole rings is 1. The van der Waals surface area contributed by atoms with Crippen LogP contribution in [0.3, 0.4) is 0 Å². The van der Waals surface area contributed by atoms with Crippen molar-refractivity contribution < 1.29 is 22.4 Å². The Labute approximate surface area is 202 Å². The zero-order valence-electron chi connectivity index (χ0n) is 18.2. The largest absolute Gasteiger partial charge is 0.416 e. The molecule has 3 aromatic rings. The minimum Gasteiger partial charge on any atom is -0.296 e. The van der Waals surface area contributed by atoms with E-state index in [9.17, 15) is 22.4 Å². The number of carbonyl (C=O) groups is 1.